The number of carboxylic acids is 2. The quantitative estimate of drug-likeness (QED) is 0.890. The normalized spacial score (nSPS) is 21.9. The van der Waals surface area contributed by atoms with Crippen LogP contribution in [0.2, 0.25) is 0 Å². The number of rotatable bonds is 3. The molecule has 5 heteroatoms. The van der Waals surface area contributed by atoms with Gasteiger partial charge in [0.2, 0.25) is 0 Å². The van der Waals surface area contributed by atoms with Crippen molar-refractivity contribution in [2.75, 3.05) is 0 Å². The molecule has 2 rings (SSSR count). The second-order valence-electron chi connectivity index (χ2n) is 4.98. The predicted molar refractivity (Wildman–Crippen MR) is 70.5 cm³/mol. The van der Waals surface area contributed by atoms with Gasteiger partial charge in [-0.1, -0.05) is 18.2 Å². The van der Waals surface area contributed by atoms with Crippen LogP contribution in [0.4, 0.5) is 4.39 Å². The molecule has 0 fully saturated rings. The monoisotopic (exact) mass is 276 g/mol. The molecule has 0 heterocycles. The molecule has 0 amide bonds. The smallest absolute Gasteiger partial charge is 0.331 e. The van der Waals surface area contributed by atoms with Gasteiger partial charge in [-0.3, -0.25) is 4.79 Å². The van der Waals surface area contributed by atoms with Crippen molar-refractivity contribution >= 4 is 17.5 Å². The third-order valence-electron chi connectivity index (χ3n) is 3.28. The summed E-state index contributed by atoms with van der Waals surface area (Å²) in [4.78, 5) is 22.5. The molecule has 0 saturated carbocycles. The van der Waals surface area contributed by atoms with E-state index in [-0.39, 0.29) is 12.0 Å². The molecule has 0 aromatic heterocycles. The van der Waals surface area contributed by atoms with E-state index in [4.69, 9.17) is 5.11 Å². The Hall–Kier alpha value is -2.43. The van der Waals surface area contributed by atoms with Crippen LogP contribution in [0.15, 0.2) is 42.0 Å². The first-order valence-corrected chi connectivity index (χ1v) is 5.98. The summed E-state index contributed by atoms with van der Waals surface area (Å²) in [6.07, 6.45) is 2.76. The third-order valence-corrected chi connectivity index (χ3v) is 3.28. The van der Waals surface area contributed by atoms with Crippen molar-refractivity contribution < 1.29 is 24.2 Å². The lowest BCUT2D eigenvalue weighted by molar-refractivity contribution is -0.145. The third kappa shape index (κ3) is 2.61. The van der Waals surface area contributed by atoms with Crippen molar-refractivity contribution in [2.45, 2.75) is 13.3 Å². The lowest BCUT2D eigenvalue weighted by Crippen LogP contribution is -2.29. The van der Waals surface area contributed by atoms with Crippen LogP contribution in [0.5, 0.6) is 0 Å². The maximum absolute atomic E-state index is 13.2. The molecule has 1 unspecified atom stereocenters. The van der Waals surface area contributed by atoms with Crippen molar-refractivity contribution in [3.8, 4) is 0 Å². The minimum atomic E-state index is -1.32. The van der Waals surface area contributed by atoms with Crippen molar-refractivity contribution in [3.63, 3.8) is 0 Å². The highest BCUT2D eigenvalue weighted by molar-refractivity contribution is 5.96. The van der Waals surface area contributed by atoms with E-state index >= 15 is 0 Å². The van der Waals surface area contributed by atoms with Gasteiger partial charge in [0, 0.05) is 5.57 Å². The first-order valence-electron chi connectivity index (χ1n) is 5.98. The summed E-state index contributed by atoms with van der Waals surface area (Å²) in [7, 11) is 0. The van der Waals surface area contributed by atoms with Gasteiger partial charge in [-0.25, -0.2) is 9.18 Å². The van der Waals surface area contributed by atoms with Gasteiger partial charge in [0.15, 0.2) is 0 Å². The van der Waals surface area contributed by atoms with Gasteiger partial charge in [0.05, 0.1) is 5.41 Å². The Bertz CT molecular complexity index is 645. The SMILES string of the molecule is CC1(C(=O)O)C=C(c2cccc(F)c2)C=C(C(=O)O)C1. The zero-order chi connectivity index (χ0) is 14.9. The standard InChI is InChI=1S/C15H13FO4/c1-15(14(19)20)7-10(5-11(8-15)13(17)18)9-3-2-4-12(16)6-9/h2-7H,8H2,1H3,(H,17,18)(H,19,20). The van der Waals surface area contributed by atoms with E-state index in [0.29, 0.717) is 11.1 Å². The Balaban J connectivity index is 2.56. The van der Waals surface area contributed by atoms with Crippen molar-refractivity contribution in [2.24, 2.45) is 5.41 Å². The molecule has 1 aromatic rings. The van der Waals surface area contributed by atoms with E-state index in [0.717, 1.165) is 0 Å². The maximum Gasteiger partial charge on any atom is 0.331 e. The van der Waals surface area contributed by atoms with Gasteiger partial charge >= 0.3 is 11.9 Å². The molecular formula is C15H13FO4. The number of hydrogen-bond acceptors (Lipinski definition) is 2. The van der Waals surface area contributed by atoms with Crippen molar-refractivity contribution in [3.05, 3.63) is 53.4 Å². The van der Waals surface area contributed by atoms with E-state index in [1.807, 2.05) is 0 Å². The molecule has 0 bridgehead atoms. The summed E-state index contributed by atoms with van der Waals surface area (Å²) in [5.41, 5.74) is -0.463. The van der Waals surface area contributed by atoms with Crippen molar-refractivity contribution in [1.82, 2.24) is 0 Å². The molecule has 0 aliphatic heterocycles. The second kappa shape index (κ2) is 4.92. The highest BCUT2D eigenvalue weighted by atomic mass is 19.1. The highest BCUT2D eigenvalue weighted by Crippen LogP contribution is 2.37. The Morgan fingerprint density at radius 3 is 2.55 bits per heavy atom. The van der Waals surface area contributed by atoms with E-state index in [2.05, 4.69) is 0 Å². The van der Waals surface area contributed by atoms with Crippen LogP contribution < -0.4 is 0 Å². The maximum atomic E-state index is 13.2. The predicted octanol–water partition coefficient (Wildman–Crippen LogP) is 2.71. The molecule has 20 heavy (non-hydrogen) atoms. The van der Waals surface area contributed by atoms with Crippen LogP contribution in [-0.2, 0) is 9.59 Å². The molecule has 0 radical (unpaired) electrons. The lowest BCUT2D eigenvalue weighted by atomic mass is 9.76. The summed E-state index contributed by atoms with van der Waals surface area (Å²) in [5.74, 6) is -2.74. The Morgan fingerprint density at radius 2 is 2.00 bits per heavy atom. The highest BCUT2D eigenvalue weighted by Gasteiger charge is 2.36. The average molecular weight is 276 g/mol. The fourth-order valence-electron chi connectivity index (χ4n) is 2.18. The van der Waals surface area contributed by atoms with Gasteiger partial charge < -0.3 is 10.2 Å². The van der Waals surface area contributed by atoms with Crippen LogP contribution in [-0.4, -0.2) is 22.2 Å². The number of hydrogen-bond donors (Lipinski definition) is 2. The summed E-state index contributed by atoms with van der Waals surface area (Å²) >= 11 is 0. The number of benzene rings is 1. The fourth-order valence-corrected chi connectivity index (χ4v) is 2.18. The van der Waals surface area contributed by atoms with Gasteiger partial charge in [-0.05, 0) is 42.7 Å². The summed E-state index contributed by atoms with van der Waals surface area (Å²) < 4.78 is 13.2. The molecule has 4 nitrogen and oxygen atoms in total. The first-order chi connectivity index (χ1) is 9.32. The zero-order valence-corrected chi connectivity index (χ0v) is 10.8. The summed E-state index contributed by atoms with van der Waals surface area (Å²) in [6.45, 7) is 1.45. The van der Waals surface area contributed by atoms with Crippen LogP contribution >= 0.6 is 0 Å². The largest absolute Gasteiger partial charge is 0.481 e. The molecule has 2 N–H and O–H groups in total. The van der Waals surface area contributed by atoms with Crippen LogP contribution in [0.25, 0.3) is 5.57 Å². The lowest BCUT2D eigenvalue weighted by Gasteiger charge is -2.26. The van der Waals surface area contributed by atoms with Crippen molar-refractivity contribution in [1.29, 1.82) is 0 Å². The molecule has 1 aromatic carbocycles. The zero-order valence-electron chi connectivity index (χ0n) is 10.8. The van der Waals surface area contributed by atoms with Crippen LogP contribution in [0.3, 0.4) is 0 Å². The number of carbonyl (C=O) groups is 2. The van der Waals surface area contributed by atoms with E-state index in [1.54, 1.807) is 6.07 Å². The number of allylic oxidation sites excluding steroid dienone is 2. The summed E-state index contributed by atoms with van der Waals surface area (Å²) in [5, 5.41) is 18.4. The molecule has 104 valence electrons. The Kier molecular flexibility index (Phi) is 3.44. The minimum absolute atomic E-state index is 0.00309. The minimum Gasteiger partial charge on any atom is -0.481 e. The van der Waals surface area contributed by atoms with Gasteiger partial charge in [-0.2, -0.15) is 0 Å². The molecule has 1 aliphatic carbocycles. The van der Waals surface area contributed by atoms with Crippen LogP contribution in [0, 0.1) is 11.2 Å². The van der Waals surface area contributed by atoms with Gasteiger partial charge in [0.25, 0.3) is 0 Å². The topological polar surface area (TPSA) is 74.6 Å². The number of carboxylic acid groups (broad SMARTS) is 2. The molecule has 1 aliphatic rings. The Morgan fingerprint density at radius 1 is 1.30 bits per heavy atom. The summed E-state index contributed by atoms with van der Waals surface area (Å²) in [6, 6.07) is 5.62. The number of halogens is 1. The molecule has 1 atom stereocenters. The van der Waals surface area contributed by atoms with E-state index in [1.165, 1.54) is 37.3 Å². The van der Waals surface area contributed by atoms with Crippen LogP contribution in [0.1, 0.15) is 18.9 Å². The molecule has 0 spiro atoms. The fraction of sp³-hybridized carbons (Fsp3) is 0.200. The van der Waals surface area contributed by atoms with Gasteiger partial charge in [0.1, 0.15) is 5.82 Å². The molecular weight excluding hydrogens is 263 g/mol. The first kappa shape index (κ1) is 14.0. The van der Waals surface area contributed by atoms with E-state index in [9.17, 15) is 19.1 Å². The Labute approximate surface area is 114 Å². The number of aliphatic carboxylic acids is 2. The average Bonchev–Trinajstić information content (AvgIpc) is 2.38. The van der Waals surface area contributed by atoms with Gasteiger partial charge in [-0.15, -0.1) is 0 Å². The van der Waals surface area contributed by atoms with E-state index < -0.39 is 23.2 Å². The second-order valence-corrected chi connectivity index (χ2v) is 4.98. The molecule has 0 saturated heterocycles.